The molecule has 1 N–H and O–H groups in total. The Morgan fingerprint density at radius 3 is 2.67 bits per heavy atom. The van der Waals surface area contributed by atoms with E-state index in [1.807, 2.05) is 0 Å². The van der Waals surface area contributed by atoms with E-state index in [-0.39, 0.29) is 33.8 Å². The molecule has 7 nitrogen and oxygen atoms in total. The van der Waals surface area contributed by atoms with E-state index in [4.69, 9.17) is 16.3 Å². The van der Waals surface area contributed by atoms with Crippen molar-refractivity contribution in [1.82, 2.24) is 0 Å². The summed E-state index contributed by atoms with van der Waals surface area (Å²) in [5.74, 6) is -3.12. The fraction of sp³-hybridized carbons (Fsp3) is 0.238. The third-order valence-electron chi connectivity index (χ3n) is 4.37. The molecule has 0 radical (unpaired) electrons. The summed E-state index contributed by atoms with van der Waals surface area (Å²) in [5, 5.41) is 21.7. The minimum atomic E-state index is -1.50. The van der Waals surface area contributed by atoms with Crippen molar-refractivity contribution in [3.05, 3.63) is 86.7 Å². The number of nitro groups is 1. The van der Waals surface area contributed by atoms with Gasteiger partial charge < -0.3 is 9.84 Å². The number of aliphatic hydroxyl groups excluding tert-OH is 1. The van der Waals surface area contributed by atoms with Crippen molar-refractivity contribution in [2.24, 2.45) is 5.92 Å². The number of aliphatic hydroxyl groups is 1. The minimum absolute atomic E-state index is 0.0393. The lowest BCUT2D eigenvalue weighted by Crippen LogP contribution is -2.19. The summed E-state index contributed by atoms with van der Waals surface area (Å²) in [5.41, 5.74) is -0.770. The molecule has 2 rings (SSSR count). The topological polar surface area (TPSA) is 107 Å². The Hall–Kier alpha value is -3.10. The number of benzene rings is 2. The second-order valence-electron chi connectivity index (χ2n) is 6.59. The van der Waals surface area contributed by atoms with E-state index >= 15 is 0 Å². The van der Waals surface area contributed by atoms with Crippen LogP contribution >= 0.6 is 11.6 Å². The van der Waals surface area contributed by atoms with E-state index in [1.165, 1.54) is 18.2 Å². The van der Waals surface area contributed by atoms with Gasteiger partial charge in [-0.1, -0.05) is 30.7 Å². The lowest BCUT2D eigenvalue weighted by Gasteiger charge is -2.14. The third-order valence-corrected chi connectivity index (χ3v) is 4.70. The maximum atomic E-state index is 14.1. The normalized spacial score (nSPS) is 12.7. The highest BCUT2D eigenvalue weighted by Gasteiger charge is 2.25. The van der Waals surface area contributed by atoms with Crippen LogP contribution in [0.1, 0.15) is 40.9 Å². The standard InChI is InChI=1S/C21H19ClFNO6/c1-3-5-12(2)20(26)30-21(27)13-8-9-17(24(28)29)14(10-13)11-18(25)19-15(22)6-4-7-16(19)23/h3-4,6-10,12,18,25H,1,5,11H2,2H3. The summed E-state index contributed by atoms with van der Waals surface area (Å²) in [6.45, 7) is 5.07. The molecule has 0 heterocycles. The van der Waals surface area contributed by atoms with Crippen LogP contribution in [0.3, 0.4) is 0 Å². The van der Waals surface area contributed by atoms with E-state index in [2.05, 4.69) is 6.58 Å². The van der Waals surface area contributed by atoms with Gasteiger partial charge in [-0.2, -0.15) is 0 Å². The Bertz CT molecular complexity index is 973. The van der Waals surface area contributed by atoms with E-state index in [0.717, 1.165) is 24.3 Å². The van der Waals surface area contributed by atoms with Gasteiger partial charge in [0.1, 0.15) is 5.82 Å². The Morgan fingerprint density at radius 2 is 2.07 bits per heavy atom. The van der Waals surface area contributed by atoms with E-state index < -0.39 is 34.7 Å². The molecule has 0 aliphatic heterocycles. The highest BCUT2D eigenvalue weighted by molar-refractivity contribution is 6.31. The van der Waals surface area contributed by atoms with Crippen molar-refractivity contribution >= 4 is 29.2 Å². The fourth-order valence-corrected chi connectivity index (χ4v) is 3.08. The quantitative estimate of drug-likeness (QED) is 0.214. The fourth-order valence-electron chi connectivity index (χ4n) is 2.79. The van der Waals surface area contributed by atoms with E-state index in [9.17, 15) is 29.2 Å². The van der Waals surface area contributed by atoms with Crippen LogP contribution in [0.2, 0.25) is 5.02 Å². The molecule has 0 aliphatic rings. The maximum absolute atomic E-state index is 14.1. The van der Waals surface area contributed by atoms with Gasteiger partial charge in [0.25, 0.3) is 5.69 Å². The van der Waals surface area contributed by atoms with E-state index in [0.29, 0.717) is 6.42 Å². The number of carbonyl (C=O) groups excluding carboxylic acids is 2. The predicted octanol–water partition coefficient (Wildman–Crippen LogP) is 4.56. The third kappa shape index (κ3) is 5.49. The molecule has 0 aromatic heterocycles. The number of carbonyl (C=O) groups is 2. The minimum Gasteiger partial charge on any atom is -0.389 e. The number of hydrogen-bond acceptors (Lipinski definition) is 6. The molecule has 2 unspecified atom stereocenters. The smallest absolute Gasteiger partial charge is 0.345 e. The molecular formula is C21H19ClFNO6. The molecule has 30 heavy (non-hydrogen) atoms. The SMILES string of the molecule is C=CCC(C)C(=O)OC(=O)c1ccc([N+](=O)[O-])c(CC(O)c2c(F)cccc2Cl)c1. The molecule has 0 saturated heterocycles. The van der Waals surface area contributed by atoms with Gasteiger partial charge in [0, 0.05) is 28.6 Å². The van der Waals surface area contributed by atoms with Gasteiger partial charge in [-0.3, -0.25) is 14.9 Å². The number of ether oxygens (including phenoxy) is 1. The summed E-state index contributed by atoms with van der Waals surface area (Å²) < 4.78 is 18.9. The molecule has 0 amide bonds. The van der Waals surface area contributed by atoms with Crippen molar-refractivity contribution in [3.63, 3.8) is 0 Å². The van der Waals surface area contributed by atoms with Crippen molar-refractivity contribution in [2.45, 2.75) is 25.9 Å². The number of rotatable bonds is 8. The first-order valence-electron chi connectivity index (χ1n) is 8.91. The van der Waals surface area contributed by atoms with Crippen molar-refractivity contribution in [1.29, 1.82) is 0 Å². The average molecular weight is 436 g/mol. The van der Waals surface area contributed by atoms with Gasteiger partial charge in [-0.15, -0.1) is 6.58 Å². The van der Waals surface area contributed by atoms with Gasteiger partial charge in [0.2, 0.25) is 0 Å². The summed E-state index contributed by atoms with van der Waals surface area (Å²) in [4.78, 5) is 34.8. The highest BCUT2D eigenvalue weighted by Crippen LogP contribution is 2.31. The van der Waals surface area contributed by atoms with Gasteiger partial charge in [-0.25, -0.2) is 9.18 Å². The molecule has 9 heteroatoms. The predicted molar refractivity (Wildman–Crippen MR) is 108 cm³/mol. The summed E-state index contributed by atoms with van der Waals surface area (Å²) >= 11 is 5.93. The lowest BCUT2D eigenvalue weighted by molar-refractivity contribution is -0.385. The first-order chi connectivity index (χ1) is 14.1. The summed E-state index contributed by atoms with van der Waals surface area (Å²) in [6.07, 6.45) is -0.0697. The van der Waals surface area contributed by atoms with Crippen molar-refractivity contribution in [3.8, 4) is 0 Å². The van der Waals surface area contributed by atoms with Gasteiger partial charge in [-0.05, 0) is 30.7 Å². The number of nitrogens with zero attached hydrogens (tertiary/aromatic N) is 1. The van der Waals surface area contributed by atoms with Crippen LogP contribution in [-0.2, 0) is 16.0 Å². The highest BCUT2D eigenvalue weighted by atomic mass is 35.5. The summed E-state index contributed by atoms with van der Waals surface area (Å²) in [6, 6.07) is 7.16. The molecule has 0 spiro atoms. The molecule has 0 fully saturated rings. The molecule has 0 aliphatic carbocycles. The first-order valence-corrected chi connectivity index (χ1v) is 9.29. The van der Waals surface area contributed by atoms with Crippen molar-refractivity contribution < 1.29 is 28.7 Å². The van der Waals surface area contributed by atoms with Crippen LogP contribution < -0.4 is 0 Å². The van der Waals surface area contributed by atoms with Crippen molar-refractivity contribution in [2.75, 3.05) is 0 Å². The zero-order valence-corrected chi connectivity index (χ0v) is 16.8. The maximum Gasteiger partial charge on any atom is 0.345 e. The van der Waals surface area contributed by atoms with Gasteiger partial charge in [0.15, 0.2) is 0 Å². The largest absolute Gasteiger partial charge is 0.389 e. The second-order valence-corrected chi connectivity index (χ2v) is 7.00. The number of allylic oxidation sites excluding steroid dienone is 1. The molecule has 2 aromatic rings. The number of nitro benzene ring substituents is 1. The molecule has 0 bridgehead atoms. The first kappa shape index (κ1) is 23.2. The molecule has 2 aromatic carbocycles. The number of esters is 2. The van der Waals surface area contributed by atoms with Crippen LogP contribution in [0.4, 0.5) is 10.1 Å². The van der Waals surface area contributed by atoms with Gasteiger partial charge in [0.05, 0.1) is 22.5 Å². The van der Waals surface area contributed by atoms with Crippen LogP contribution in [0.5, 0.6) is 0 Å². The zero-order chi connectivity index (χ0) is 22.4. The van der Waals surface area contributed by atoms with Gasteiger partial charge >= 0.3 is 11.9 Å². The Labute approximate surface area is 176 Å². The Balaban J connectivity index is 2.32. The van der Waals surface area contributed by atoms with E-state index in [1.54, 1.807) is 6.92 Å². The second kappa shape index (κ2) is 10.1. The molecule has 158 valence electrons. The number of hydrogen-bond donors (Lipinski definition) is 1. The van der Waals surface area contributed by atoms with Crippen LogP contribution in [0, 0.1) is 21.8 Å². The van der Waals surface area contributed by atoms with Crippen LogP contribution in [-0.4, -0.2) is 22.0 Å². The molecule has 0 saturated carbocycles. The average Bonchev–Trinajstić information content (AvgIpc) is 2.67. The van der Waals surface area contributed by atoms with Crippen LogP contribution in [0.15, 0.2) is 49.1 Å². The molecule has 2 atom stereocenters. The number of halogens is 2. The Morgan fingerprint density at radius 1 is 1.37 bits per heavy atom. The monoisotopic (exact) mass is 435 g/mol. The zero-order valence-electron chi connectivity index (χ0n) is 16.0. The lowest BCUT2D eigenvalue weighted by atomic mass is 9.98. The van der Waals surface area contributed by atoms with Crippen LogP contribution in [0.25, 0.3) is 0 Å². The Kier molecular flexibility index (Phi) is 7.79. The summed E-state index contributed by atoms with van der Waals surface area (Å²) in [7, 11) is 0. The molecular weight excluding hydrogens is 417 g/mol.